The van der Waals surface area contributed by atoms with E-state index in [1.54, 1.807) is 0 Å². The SMILES string of the molecule is CCCCCCCCCCCCCCCCCCC(=O)[O-].CCCCCCCCCCCCCCCCCCC(=O)[O-].[Zr+2]. The fourth-order valence-electron chi connectivity index (χ4n) is 5.63. The standard InChI is InChI=1S/2C19H38O2.Zr/c2*1-2-3-4-5-6-7-8-9-10-11-12-13-14-15-16-17-18-19(20)21;/h2*2-18H2,1H3,(H,20,21);/q;;+2/p-2. The summed E-state index contributed by atoms with van der Waals surface area (Å²) in [6, 6.07) is 0. The molecule has 0 amide bonds. The van der Waals surface area contributed by atoms with E-state index in [0.29, 0.717) is 0 Å². The molecule has 4 nitrogen and oxygen atoms in total. The van der Waals surface area contributed by atoms with Crippen LogP contribution in [0.1, 0.15) is 232 Å². The molecule has 0 atom stereocenters. The Morgan fingerprint density at radius 3 is 0.581 bits per heavy atom. The summed E-state index contributed by atoms with van der Waals surface area (Å²) in [5.41, 5.74) is 0. The van der Waals surface area contributed by atoms with Crippen molar-refractivity contribution in [2.75, 3.05) is 0 Å². The molecule has 0 N–H and O–H groups in total. The number of rotatable bonds is 34. The van der Waals surface area contributed by atoms with E-state index in [1.807, 2.05) is 0 Å². The first-order chi connectivity index (χ1) is 20.5. The summed E-state index contributed by atoms with van der Waals surface area (Å²) in [6.45, 7) is 4.54. The molecule has 254 valence electrons. The molecule has 0 fully saturated rings. The molecule has 0 aromatic carbocycles. The Balaban J connectivity index is -0.000000727. The summed E-state index contributed by atoms with van der Waals surface area (Å²) in [5, 5.41) is 20.5. The van der Waals surface area contributed by atoms with Crippen molar-refractivity contribution in [3.8, 4) is 0 Å². The average molecular weight is 686 g/mol. The van der Waals surface area contributed by atoms with E-state index in [-0.39, 0.29) is 39.0 Å². The van der Waals surface area contributed by atoms with Gasteiger partial charge >= 0.3 is 26.2 Å². The Labute approximate surface area is 288 Å². The second-order valence-corrected chi connectivity index (χ2v) is 12.9. The fraction of sp³-hybridized carbons (Fsp3) is 0.947. The zero-order valence-electron chi connectivity index (χ0n) is 29.2. The van der Waals surface area contributed by atoms with Gasteiger partial charge in [-0.3, -0.25) is 0 Å². The van der Waals surface area contributed by atoms with Gasteiger partial charge in [0.25, 0.3) is 0 Å². The average Bonchev–Trinajstić information content (AvgIpc) is 2.97. The Morgan fingerprint density at radius 1 is 0.302 bits per heavy atom. The van der Waals surface area contributed by atoms with Gasteiger partial charge in [0.15, 0.2) is 0 Å². The van der Waals surface area contributed by atoms with Crippen LogP contribution < -0.4 is 10.2 Å². The second kappa shape index (κ2) is 43.9. The van der Waals surface area contributed by atoms with Crippen LogP contribution in [0.15, 0.2) is 0 Å². The molecule has 0 rings (SSSR count). The number of carboxylic acids is 2. The van der Waals surface area contributed by atoms with Crippen LogP contribution in [0, 0.1) is 0 Å². The van der Waals surface area contributed by atoms with Gasteiger partial charge in [-0.2, -0.15) is 0 Å². The van der Waals surface area contributed by atoms with Gasteiger partial charge in [0, 0.05) is 11.9 Å². The summed E-state index contributed by atoms with van der Waals surface area (Å²) in [6.07, 6.45) is 42.7. The Hall–Kier alpha value is -0.177. The number of carbonyl (C=O) groups excluding carboxylic acids is 2. The van der Waals surface area contributed by atoms with E-state index in [4.69, 9.17) is 0 Å². The van der Waals surface area contributed by atoms with Gasteiger partial charge in [0.2, 0.25) is 0 Å². The summed E-state index contributed by atoms with van der Waals surface area (Å²) < 4.78 is 0. The normalized spacial score (nSPS) is 10.7. The van der Waals surface area contributed by atoms with Gasteiger partial charge in [-0.05, 0) is 25.7 Å². The Kier molecular flexibility index (Phi) is 48.3. The van der Waals surface area contributed by atoms with E-state index < -0.39 is 11.9 Å². The van der Waals surface area contributed by atoms with Gasteiger partial charge in [-0.25, -0.2) is 0 Å². The van der Waals surface area contributed by atoms with Gasteiger partial charge in [0.05, 0.1) is 0 Å². The van der Waals surface area contributed by atoms with Crippen molar-refractivity contribution in [2.45, 2.75) is 232 Å². The third-order valence-corrected chi connectivity index (χ3v) is 8.47. The zero-order valence-corrected chi connectivity index (χ0v) is 31.6. The summed E-state index contributed by atoms with van der Waals surface area (Å²) in [4.78, 5) is 20.5. The van der Waals surface area contributed by atoms with Crippen LogP contribution in [0.4, 0.5) is 0 Å². The Morgan fingerprint density at radius 2 is 0.442 bits per heavy atom. The smallest absolute Gasteiger partial charge is 0.550 e. The first kappa shape index (κ1) is 47.2. The molecule has 43 heavy (non-hydrogen) atoms. The maximum Gasteiger partial charge on any atom is 2.00 e. The number of carboxylic acid groups (broad SMARTS) is 2. The molecule has 0 aromatic rings. The van der Waals surface area contributed by atoms with Gasteiger partial charge < -0.3 is 19.8 Å². The van der Waals surface area contributed by atoms with Crippen LogP contribution >= 0.6 is 0 Å². The van der Waals surface area contributed by atoms with Crippen molar-refractivity contribution in [3.05, 3.63) is 0 Å². The van der Waals surface area contributed by atoms with E-state index in [0.717, 1.165) is 25.7 Å². The quantitative estimate of drug-likeness (QED) is 0.0631. The molecule has 0 unspecified atom stereocenters. The predicted molar refractivity (Wildman–Crippen MR) is 178 cm³/mol. The van der Waals surface area contributed by atoms with Crippen LogP contribution in [0.3, 0.4) is 0 Å². The topological polar surface area (TPSA) is 80.3 Å². The molecule has 0 aliphatic carbocycles. The third-order valence-electron chi connectivity index (χ3n) is 8.47. The molecular formula is C38H74O4Zr. The van der Waals surface area contributed by atoms with Gasteiger partial charge in [0.1, 0.15) is 0 Å². The van der Waals surface area contributed by atoms with Crippen molar-refractivity contribution in [1.82, 2.24) is 0 Å². The minimum atomic E-state index is -0.902. The molecule has 0 saturated heterocycles. The number of unbranched alkanes of at least 4 members (excludes halogenated alkanes) is 30. The predicted octanol–water partition coefficient (Wildman–Crippen LogP) is 10.8. The minimum absolute atomic E-state index is 0. The van der Waals surface area contributed by atoms with E-state index in [2.05, 4.69) is 13.8 Å². The largest absolute Gasteiger partial charge is 2.00 e. The molecule has 0 radical (unpaired) electrons. The molecule has 0 heterocycles. The van der Waals surface area contributed by atoms with Gasteiger partial charge in [-0.1, -0.05) is 206 Å². The van der Waals surface area contributed by atoms with Crippen molar-refractivity contribution >= 4 is 11.9 Å². The minimum Gasteiger partial charge on any atom is -0.550 e. The number of hydrogen-bond donors (Lipinski definition) is 0. The van der Waals surface area contributed by atoms with Crippen molar-refractivity contribution in [3.63, 3.8) is 0 Å². The molecule has 0 saturated carbocycles. The first-order valence-electron chi connectivity index (χ1n) is 18.9. The van der Waals surface area contributed by atoms with Crippen LogP contribution in [0.5, 0.6) is 0 Å². The van der Waals surface area contributed by atoms with E-state index in [1.165, 1.54) is 180 Å². The molecule has 0 aliphatic rings. The van der Waals surface area contributed by atoms with Crippen LogP contribution in [-0.2, 0) is 35.8 Å². The second-order valence-electron chi connectivity index (χ2n) is 12.9. The molecular weight excluding hydrogens is 612 g/mol. The third kappa shape index (κ3) is 51.7. The summed E-state index contributed by atoms with van der Waals surface area (Å²) >= 11 is 0. The van der Waals surface area contributed by atoms with Crippen LogP contribution in [0.2, 0.25) is 0 Å². The molecule has 0 aliphatic heterocycles. The number of carbonyl (C=O) groups is 2. The molecule has 0 aromatic heterocycles. The van der Waals surface area contributed by atoms with Crippen molar-refractivity contribution in [2.24, 2.45) is 0 Å². The van der Waals surface area contributed by atoms with E-state index in [9.17, 15) is 19.8 Å². The van der Waals surface area contributed by atoms with Crippen molar-refractivity contribution < 1.29 is 46.0 Å². The fourth-order valence-corrected chi connectivity index (χ4v) is 5.63. The van der Waals surface area contributed by atoms with Crippen LogP contribution in [-0.4, -0.2) is 11.9 Å². The molecule has 0 bridgehead atoms. The zero-order chi connectivity index (χ0) is 31.2. The van der Waals surface area contributed by atoms with Crippen molar-refractivity contribution in [1.29, 1.82) is 0 Å². The molecule has 0 spiro atoms. The van der Waals surface area contributed by atoms with E-state index >= 15 is 0 Å². The first-order valence-corrected chi connectivity index (χ1v) is 18.9. The van der Waals surface area contributed by atoms with Crippen LogP contribution in [0.25, 0.3) is 0 Å². The summed E-state index contributed by atoms with van der Waals surface area (Å²) in [7, 11) is 0. The maximum atomic E-state index is 10.2. The summed E-state index contributed by atoms with van der Waals surface area (Å²) in [5.74, 6) is -1.80. The maximum absolute atomic E-state index is 10.2. The number of hydrogen-bond acceptors (Lipinski definition) is 4. The Bertz CT molecular complexity index is 480. The molecule has 5 heteroatoms. The van der Waals surface area contributed by atoms with Gasteiger partial charge in [-0.15, -0.1) is 0 Å². The number of aliphatic carboxylic acids is 2. The monoisotopic (exact) mass is 684 g/mol.